The molecule has 0 saturated carbocycles. The van der Waals surface area contributed by atoms with E-state index < -0.39 is 11.6 Å². The number of carbonyl (C=O) groups excluding carboxylic acids is 3. The third-order valence-corrected chi connectivity index (χ3v) is 8.66. The molecule has 2 fully saturated rings. The number of piperazine rings is 1. The van der Waals surface area contributed by atoms with E-state index in [0.717, 1.165) is 16.9 Å². The molecule has 11 nitrogen and oxygen atoms in total. The highest BCUT2D eigenvalue weighted by Crippen LogP contribution is 2.35. The Bertz CT molecular complexity index is 1440. The Labute approximate surface area is 292 Å². The van der Waals surface area contributed by atoms with Gasteiger partial charge in [-0.1, -0.05) is 52.8 Å². The first kappa shape index (κ1) is 37.8. The van der Waals surface area contributed by atoms with Gasteiger partial charge in [-0.3, -0.25) is 14.5 Å². The molecule has 0 radical (unpaired) electrons. The second-order valence-corrected chi connectivity index (χ2v) is 14.9. The molecule has 0 aliphatic carbocycles. The molecule has 3 aliphatic rings. The molecule has 2 unspecified atom stereocenters. The van der Waals surface area contributed by atoms with Crippen LogP contribution in [0, 0.1) is 5.41 Å². The van der Waals surface area contributed by atoms with Crippen molar-refractivity contribution in [3.8, 4) is 17.2 Å². The summed E-state index contributed by atoms with van der Waals surface area (Å²) in [5.41, 5.74) is 1.20. The average molecular weight is 681 g/mol. The van der Waals surface area contributed by atoms with Crippen LogP contribution in [-0.2, 0) is 27.4 Å². The Balaban J connectivity index is 0.00000265. The Morgan fingerprint density at radius 2 is 1.55 bits per heavy atom. The summed E-state index contributed by atoms with van der Waals surface area (Å²) in [7, 11) is 1.64. The first-order chi connectivity index (χ1) is 23.2. The first-order valence-electron chi connectivity index (χ1n) is 17.5. The van der Waals surface area contributed by atoms with E-state index in [1.54, 1.807) is 12.0 Å². The van der Waals surface area contributed by atoms with Gasteiger partial charge in [-0.15, -0.1) is 0 Å². The summed E-state index contributed by atoms with van der Waals surface area (Å²) in [6.45, 7) is 19.1. The van der Waals surface area contributed by atoms with Gasteiger partial charge in [-0.25, -0.2) is 4.79 Å². The van der Waals surface area contributed by atoms with Crippen molar-refractivity contribution in [1.29, 1.82) is 0 Å². The second kappa shape index (κ2) is 16.1. The topological polar surface area (TPSA) is 101 Å². The lowest BCUT2D eigenvalue weighted by atomic mass is 9.91. The fraction of sp³-hybridized carbons (Fsp3) is 0.605. The maximum Gasteiger partial charge on any atom is 0.410 e. The van der Waals surface area contributed by atoms with E-state index in [0.29, 0.717) is 70.2 Å². The number of hydrogen-bond donors (Lipinski definition) is 0. The molecule has 2 aromatic carbocycles. The summed E-state index contributed by atoms with van der Waals surface area (Å²) in [5.74, 6) is 2.22. The average Bonchev–Trinajstić information content (AvgIpc) is 3.69. The number of rotatable bonds is 8. The van der Waals surface area contributed by atoms with E-state index in [-0.39, 0.29) is 36.2 Å². The molecule has 2 atom stereocenters. The molecular weight excluding hydrogens is 624 g/mol. The van der Waals surface area contributed by atoms with Crippen LogP contribution in [0.25, 0.3) is 0 Å². The van der Waals surface area contributed by atoms with Crippen LogP contribution in [0.1, 0.15) is 79.4 Å². The molecule has 3 amide bonds. The minimum Gasteiger partial charge on any atom is -0.497 e. The normalized spacial score (nSPS) is 19.2. The zero-order valence-corrected chi connectivity index (χ0v) is 30.9. The van der Waals surface area contributed by atoms with Gasteiger partial charge in [-0.2, -0.15) is 0 Å². The van der Waals surface area contributed by atoms with Crippen LogP contribution in [0.5, 0.6) is 17.2 Å². The second-order valence-electron chi connectivity index (χ2n) is 14.9. The van der Waals surface area contributed by atoms with E-state index in [9.17, 15) is 14.4 Å². The van der Waals surface area contributed by atoms with E-state index in [1.807, 2.05) is 86.9 Å². The van der Waals surface area contributed by atoms with Crippen molar-refractivity contribution in [2.45, 2.75) is 99.0 Å². The standard InChI is InChI=1S/C36H50N4O7.C2H6/c1-35(2,3)20-32(41)40(22-25-9-8-10-28(17-25)44-7)27-19-29(39(23-27)21-26-11-12-30-31(18-26)46-24-45-30)33(42)37-13-15-38(16-14-37)34(43)47-36(4,5)6;1-2/h8-12,17-18,27,29H,13-16,19-24H2,1-7H3;1-2H3. The van der Waals surface area contributed by atoms with Crippen molar-refractivity contribution in [3.05, 3.63) is 53.6 Å². The SMILES string of the molecule is CC.COc1cccc(CN(C(=O)CC(C)(C)C)C2CC(C(=O)N3CCN(C(=O)OC(C)(C)C)CC3)N(Cc3ccc4c(c3)OCO4)C2)c1. The van der Waals surface area contributed by atoms with Crippen LogP contribution < -0.4 is 14.2 Å². The van der Waals surface area contributed by atoms with Gasteiger partial charge in [0.25, 0.3) is 0 Å². The van der Waals surface area contributed by atoms with E-state index >= 15 is 0 Å². The van der Waals surface area contributed by atoms with Crippen LogP contribution in [0.2, 0.25) is 0 Å². The molecular formula is C38H56N4O7. The lowest BCUT2D eigenvalue weighted by Gasteiger charge is -2.37. The molecule has 2 saturated heterocycles. The first-order valence-corrected chi connectivity index (χ1v) is 17.5. The summed E-state index contributed by atoms with van der Waals surface area (Å²) in [6.07, 6.45) is 0.539. The van der Waals surface area contributed by atoms with Crippen molar-refractivity contribution in [3.63, 3.8) is 0 Å². The molecule has 3 heterocycles. The van der Waals surface area contributed by atoms with Crippen LogP contribution in [0.4, 0.5) is 4.79 Å². The number of fused-ring (bicyclic) bond motifs is 1. The number of nitrogens with zero attached hydrogens (tertiary/aromatic N) is 4. The van der Waals surface area contributed by atoms with Gasteiger partial charge in [0.05, 0.1) is 13.2 Å². The number of ether oxygens (including phenoxy) is 4. The number of methoxy groups -OCH3 is 1. The Morgan fingerprint density at radius 3 is 2.20 bits per heavy atom. The number of hydrogen-bond acceptors (Lipinski definition) is 8. The Morgan fingerprint density at radius 1 is 0.878 bits per heavy atom. The predicted molar refractivity (Wildman–Crippen MR) is 189 cm³/mol. The molecule has 5 rings (SSSR count). The summed E-state index contributed by atoms with van der Waals surface area (Å²) in [4.78, 5) is 48.6. The zero-order chi connectivity index (χ0) is 35.9. The van der Waals surface area contributed by atoms with Crippen molar-refractivity contribution >= 4 is 17.9 Å². The highest BCUT2D eigenvalue weighted by Gasteiger charge is 2.43. The third-order valence-electron chi connectivity index (χ3n) is 8.66. The minimum atomic E-state index is -0.584. The van der Waals surface area contributed by atoms with Crippen LogP contribution >= 0.6 is 0 Å². The number of carbonyl (C=O) groups is 3. The largest absolute Gasteiger partial charge is 0.497 e. The van der Waals surface area contributed by atoms with Crippen molar-refractivity contribution < 1.29 is 33.3 Å². The predicted octanol–water partition coefficient (Wildman–Crippen LogP) is 5.94. The van der Waals surface area contributed by atoms with Crippen LogP contribution in [0.3, 0.4) is 0 Å². The van der Waals surface area contributed by atoms with Crippen molar-refractivity contribution in [2.24, 2.45) is 5.41 Å². The lowest BCUT2D eigenvalue weighted by molar-refractivity contribution is -0.138. The van der Waals surface area contributed by atoms with Gasteiger partial charge >= 0.3 is 6.09 Å². The summed E-state index contributed by atoms with van der Waals surface area (Å²) in [5, 5.41) is 0. The maximum atomic E-state index is 14.3. The van der Waals surface area contributed by atoms with Gasteiger partial charge in [-0.05, 0) is 68.0 Å². The van der Waals surface area contributed by atoms with Crippen LogP contribution in [0.15, 0.2) is 42.5 Å². The zero-order valence-electron chi connectivity index (χ0n) is 30.9. The van der Waals surface area contributed by atoms with Gasteiger partial charge in [0.15, 0.2) is 11.5 Å². The lowest BCUT2D eigenvalue weighted by Crippen LogP contribution is -2.55. The Kier molecular flexibility index (Phi) is 12.5. The molecule has 2 aromatic rings. The number of amides is 3. The van der Waals surface area contributed by atoms with E-state index in [4.69, 9.17) is 18.9 Å². The molecule has 270 valence electrons. The smallest absolute Gasteiger partial charge is 0.410 e. The molecule has 0 spiro atoms. The molecule has 49 heavy (non-hydrogen) atoms. The minimum absolute atomic E-state index is 0.0154. The highest BCUT2D eigenvalue weighted by atomic mass is 16.7. The molecule has 0 bridgehead atoms. The van der Waals surface area contributed by atoms with Gasteiger partial charge in [0, 0.05) is 58.3 Å². The fourth-order valence-corrected chi connectivity index (χ4v) is 6.40. The quantitative estimate of drug-likeness (QED) is 0.338. The summed E-state index contributed by atoms with van der Waals surface area (Å²) in [6, 6.07) is 13.1. The van der Waals surface area contributed by atoms with Crippen molar-refractivity contribution in [1.82, 2.24) is 19.6 Å². The molecule has 0 N–H and O–H groups in total. The van der Waals surface area contributed by atoms with E-state index in [1.165, 1.54) is 0 Å². The molecule has 0 aromatic heterocycles. The summed E-state index contributed by atoms with van der Waals surface area (Å²) < 4.78 is 22.2. The number of likely N-dealkylation sites (tertiary alicyclic amines) is 1. The van der Waals surface area contributed by atoms with Gasteiger partial charge < -0.3 is 33.6 Å². The number of benzene rings is 2. The van der Waals surface area contributed by atoms with Crippen LogP contribution in [-0.4, -0.2) is 102 Å². The monoisotopic (exact) mass is 680 g/mol. The maximum absolute atomic E-state index is 14.3. The highest BCUT2D eigenvalue weighted by molar-refractivity contribution is 5.83. The van der Waals surface area contributed by atoms with Gasteiger partial charge in [0.1, 0.15) is 11.4 Å². The van der Waals surface area contributed by atoms with E-state index in [2.05, 4.69) is 25.7 Å². The third kappa shape index (κ3) is 10.3. The van der Waals surface area contributed by atoms with Crippen molar-refractivity contribution in [2.75, 3.05) is 46.6 Å². The Hall–Kier alpha value is -3.99. The molecule has 11 heteroatoms. The summed E-state index contributed by atoms with van der Waals surface area (Å²) >= 11 is 0. The molecule has 3 aliphatic heterocycles. The fourth-order valence-electron chi connectivity index (χ4n) is 6.40. The van der Waals surface area contributed by atoms with Gasteiger partial charge in [0.2, 0.25) is 18.6 Å².